The molecule has 158 valence electrons. The number of anilines is 1. The minimum absolute atomic E-state index is 0.00370. The van der Waals surface area contributed by atoms with Gasteiger partial charge in [0.25, 0.3) is 0 Å². The molecule has 0 radical (unpaired) electrons. The maximum absolute atomic E-state index is 13.4. The number of hydrogen-bond donors (Lipinski definition) is 0. The third-order valence-corrected chi connectivity index (χ3v) is 6.60. The molecule has 4 rings (SSSR count). The van der Waals surface area contributed by atoms with E-state index in [2.05, 4.69) is 0 Å². The fourth-order valence-corrected chi connectivity index (χ4v) is 4.87. The van der Waals surface area contributed by atoms with Crippen LogP contribution in [0.1, 0.15) is 18.4 Å². The number of carbonyl (C=O) groups is 1. The van der Waals surface area contributed by atoms with Crippen molar-refractivity contribution < 1.29 is 19.0 Å². The summed E-state index contributed by atoms with van der Waals surface area (Å²) in [5, 5.41) is 1.18. The molecular formula is C22H23ClN2O4S. The van der Waals surface area contributed by atoms with Crippen molar-refractivity contribution in [1.82, 2.24) is 4.98 Å². The first kappa shape index (κ1) is 20.9. The fraction of sp³-hybridized carbons (Fsp3) is 0.364. The van der Waals surface area contributed by atoms with Crippen LogP contribution in [-0.2, 0) is 16.0 Å². The number of amides is 1. The number of benzene rings is 2. The zero-order chi connectivity index (χ0) is 21.1. The molecule has 2 heterocycles. The molecule has 1 aliphatic heterocycles. The van der Waals surface area contributed by atoms with E-state index in [1.807, 2.05) is 30.3 Å². The summed E-state index contributed by atoms with van der Waals surface area (Å²) < 4.78 is 17.6. The van der Waals surface area contributed by atoms with Gasteiger partial charge in [0.2, 0.25) is 5.91 Å². The van der Waals surface area contributed by atoms with Gasteiger partial charge >= 0.3 is 0 Å². The Morgan fingerprint density at radius 2 is 2.00 bits per heavy atom. The third-order valence-electron chi connectivity index (χ3n) is 5.14. The molecule has 1 atom stereocenters. The van der Waals surface area contributed by atoms with Crippen LogP contribution < -0.4 is 14.4 Å². The second-order valence-electron chi connectivity index (χ2n) is 7.05. The Kier molecular flexibility index (Phi) is 6.41. The van der Waals surface area contributed by atoms with Crippen LogP contribution in [0.2, 0.25) is 5.02 Å². The highest BCUT2D eigenvalue weighted by Crippen LogP contribution is 2.40. The van der Waals surface area contributed by atoms with Gasteiger partial charge in [0, 0.05) is 11.6 Å². The van der Waals surface area contributed by atoms with Gasteiger partial charge < -0.3 is 14.2 Å². The third kappa shape index (κ3) is 4.24. The number of methoxy groups -OCH3 is 2. The summed E-state index contributed by atoms with van der Waals surface area (Å²) in [6.45, 7) is 1.17. The SMILES string of the molecule is COc1ccc(OC)c2sc(N(CC3CCCO3)C(=O)Cc3ccccc3Cl)nc12. The number of aromatic nitrogens is 1. The molecule has 2 aromatic carbocycles. The van der Waals surface area contributed by atoms with E-state index in [0.717, 1.165) is 29.7 Å². The molecule has 30 heavy (non-hydrogen) atoms. The van der Waals surface area contributed by atoms with Crippen molar-refractivity contribution >= 4 is 44.2 Å². The van der Waals surface area contributed by atoms with Crippen LogP contribution in [0.4, 0.5) is 5.13 Å². The number of nitrogens with zero attached hydrogens (tertiary/aromatic N) is 2. The predicted molar refractivity (Wildman–Crippen MR) is 119 cm³/mol. The Morgan fingerprint density at radius 3 is 2.70 bits per heavy atom. The number of rotatable bonds is 7. The molecule has 0 aliphatic carbocycles. The summed E-state index contributed by atoms with van der Waals surface area (Å²) in [5.41, 5.74) is 1.47. The molecular weight excluding hydrogens is 424 g/mol. The highest BCUT2D eigenvalue weighted by Gasteiger charge is 2.27. The Hall–Kier alpha value is -2.35. The minimum Gasteiger partial charge on any atom is -0.495 e. The standard InChI is InChI=1S/C22H23ClN2O4S/c1-27-17-9-10-18(28-2)21-20(17)24-22(30-21)25(13-15-7-5-11-29-15)19(26)12-14-6-3-4-8-16(14)23/h3-4,6,8-10,15H,5,7,11-13H2,1-2H3. The first-order chi connectivity index (χ1) is 14.6. The number of fused-ring (bicyclic) bond motifs is 1. The van der Waals surface area contributed by atoms with Crippen LogP contribution in [-0.4, -0.2) is 44.4 Å². The van der Waals surface area contributed by atoms with Gasteiger partial charge in [-0.15, -0.1) is 0 Å². The molecule has 3 aromatic rings. The molecule has 1 amide bonds. The van der Waals surface area contributed by atoms with E-state index in [0.29, 0.717) is 33.7 Å². The van der Waals surface area contributed by atoms with E-state index in [4.69, 9.17) is 30.8 Å². The normalized spacial score (nSPS) is 16.0. The molecule has 0 bridgehead atoms. The van der Waals surface area contributed by atoms with Crippen LogP contribution in [0.15, 0.2) is 36.4 Å². The van der Waals surface area contributed by atoms with Crippen molar-refractivity contribution in [3.05, 3.63) is 47.0 Å². The maximum Gasteiger partial charge on any atom is 0.233 e. The first-order valence-electron chi connectivity index (χ1n) is 9.77. The van der Waals surface area contributed by atoms with Gasteiger partial charge in [0.15, 0.2) is 5.13 Å². The van der Waals surface area contributed by atoms with Gasteiger partial charge in [-0.1, -0.05) is 41.1 Å². The van der Waals surface area contributed by atoms with Gasteiger partial charge in [-0.2, -0.15) is 0 Å². The Bertz CT molecular complexity index is 1010. The highest BCUT2D eigenvalue weighted by molar-refractivity contribution is 7.22. The van der Waals surface area contributed by atoms with Crippen molar-refractivity contribution in [3.63, 3.8) is 0 Å². The lowest BCUT2D eigenvalue weighted by Gasteiger charge is -2.23. The topological polar surface area (TPSA) is 60.9 Å². The maximum atomic E-state index is 13.4. The zero-order valence-electron chi connectivity index (χ0n) is 16.9. The van der Waals surface area contributed by atoms with Crippen LogP contribution >= 0.6 is 22.9 Å². The van der Waals surface area contributed by atoms with Crippen molar-refractivity contribution in [1.29, 1.82) is 0 Å². The molecule has 1 saturated heterocycles. The van der Waals surface area contributed by atoms with Crippen LogP contribution in [0.5, 0.6) is 11.5 Å². The molecule has 0 saturated carbocycles. The molecule has 1 aromatic heterocycles. The van der Waals surface area contributed by atoms with E-state index in [1.54, 1.807) is 25.2 Å². The zero-order valence-corrected chi connectivity index (χ0v) is 18.5. The Balaban J connectivity index is 1.72. The lowest BCUT2D eigenvalue weighted by molar-refractivity contribution is -0.118. The largest absolute Gasteiger partial charge is 0.495 e. The summed E-state index contributed by atoms with van der Waals surface area (Å²) in [5.74, 6) is 1.27. The molecule has 6 nitrogen and oxygen atoms in total. The molecule has 1 fully saturated rings. The lowest BCUT2D eigenvalue weighted by atomic mass is 10.1. The first-order valence-corrected chi connectivity index (χ1v) is 11.0. The number of carbonyl (C=O) groups excluding carboxylic acids is 1. The van der Waals surface area contributed by atoms with Crippen molar-refractivity contribution in [2.24, 2.45) is 0 Å². The van der Waals surface area contributed by atoms with Gasteiger partial charge in [-0.3, -0.25) is 9.69 Å². The van der Waals surface area contributed by atoms with Gasteiger partial charge in [0.05, 0.1) is 33.3 Å². The number of halogens is 1. The highest BCUT2D eigenvalue weighted by atomic mass is 35.5. The summed E-state index contributed by atoms with van der Waals surface area (Å²) in [6.07, 6.45) is 2.11. The van der Waals surface area contributed by atoms with Crippen molar-refractivity contribution in [3.8, 4) is 11.5 Å². The van der Waals surface area contributed by atoms with E-state index in [9.17, 15) is 4.79 Å². The average molecular weight is 447 g/mol. The second-order valence-corrected chi connectivity index (χ2v) is 8.44. The van der Waals surface area contributed by atoms with E-state index in [-0.39, 0.29) is 18.4 Å². The quantitative estimate of drug-likeness (QED) is 0.525. The van der Waals surface area contributed by atoms with Crippen LogP contribution in [0.25, 0.3) is 10.2 Å². The van der Waals surface area contributed by atoms with Crippen molar-refractivity contribution in [2.75, 3.05) is 32.3 Å². The Labute approximate surface area is 184 Å². The predicted octanol–water partition coefficient (Wildman–Crippen LogP) is 4.72. The molecule has 1 aliphatic rings. The fourth-order valence-electron chi connectivity index (χ4n) is 3.57. The minimum atomic E-state index is -0.0735. The van der Waals surface area contributed by atoms with Crippen LogP contribution in [0, 0.1) is 0 Å². The molecule has 0 spiro atoms. The summed E-state index contributed by atoms with van der Waals surface area (Å²) in [7, 11) is 3.22. The van der Waals surface area contributed by atoms with E-state index < -0.39 is 0 Å². The molecule has 0 N–H and O–H groups in total. The van der Waals surface area contributed by atoms with Crippen molar-refractivity contribution in [2.45, 2.75) is 25.4 Å². The summed E-state index contributed by atoms with van der Waals surface area (Å²) in [6, 6.07) is 11.1. The summed E-state index contributed by atoms with van der Waals surface area (Å²) in [4.78, 5) is 19.8. The van der Waals surface area contributed by atoms with Gasteiger partial charge in [0.1, 0.15) is 21.7 Å². The van der Waals surface area contributed by atoms with E-state index in [1.165, 1.54) is 11.3 Å². The van der Waals surface area contributed by atoms with Crippen LogP contribution in [0.3, 0.4) is 0 Å². The lowest BCUT2D eigenvalue weighted by Crippen LogP contribution is -2.38. The monoisotopic (exact) mass is 446 g/mol. The number of thiazole rings is 1. The smallest absolute Gasteiger partial charge is 0.233 e. The number of hydrogen-bond acceptors (Lipinski definition) is 6. The number of ether oxygens (including phenoxy) is 3. The van der Waals surface area contributed by atoms with Gasteiger partial charge in [-0.25, -0.2) is 4.98 Å². The second kappa shape index (κ2) is 9.20. The molecule has 8 heteroatoms. The molecule has 1 unspecified atom stereocenters. The average Bonchev–Trinajstić information content (AvgIpc) is 3.42. The van der Waals surface area contributed by atoms with E-state index >= 15 is 0 Å². The van der Waals surface area contributed by atoms with Gasteiger partial charge in [-0.05, 0) is 36.6 Å². The summed E-state index contributed by atoms with van der Waals surface area (Å²) >= 11 is 7.70. The Morgan fingerprint density at radius 1 is 1.23 bits per heavy atom.